The number of carboxylic acids is 1. The zero-order valence-corrected chi connectivity index (χ0v) is 10.8. The van der Waals surface area contributed by atoms with Gasteiger partial charge in [0.05, 0.1) is 0 Å². The number of carboxylic acid groups (broad SMARTS) is 1. The van der Waals surface area contributed by atoms with Gasteiger partial charge in [-0.15, -0.1) is 0 Å². The van der Waals surface area contributed by atoms with Gasteiger partial charge in [-0.3, -0.25) is 0 Å². The number of nitrogens with one attached hydrogen (secondary N) is 1. The van der Waals surface area contributed by atoms with E-state index in [1.165, 1.54) is 11.8 Å². The number of thioether (sulfide) groups is 1. The third-order valence-electron chi connectivity index (χ3n) is 1.97. The quantitative estimate of drug-likeness (QED) is 0.775. The van der Waals surface area contributed by atoms with Crippen LogP contribution in [0.5, 0.6) is 0 Å². The summed E-state index contributed by atoms with van der Waals surface area (Å²) >= 11 is 1.38. The molecule has 18 heavy (non-hydrogen) atoms. The van der Waals surface area contributed by atoms with Crippen molar-refractivity contribution in [3.8, 4) is 0 Å². The molecule has 0 saturated carbocycles. The molecule has 2 N–H and O–H groups in total. The number of carbonyl (C=O) groups excluding carboxylic acids is 1. The Morgan fingerprint density at radius 3 is 2.39 bits per heavy atom. The van der Waals surface area contributed by atoms with Crippen LogP contribution in [0, 0.1) is 0 Å². The maximum atomic E-state index is 12.0. The summed E-state index contributed by atoms with van der Waals surface area (Å²) < 4.78 is 36.1. The van der Waals surface area contributed by atoms with Crippen LogP contribution in [-0.4, -0.2) is 59.8 Å². The van der Waals surface area contributed by atoms with E-state index in [1.807, 2.05) is 5.32 Å². The van der Waals surface area contributed by atoms with Gasteiger partial charge < -0.3 is 15.3 Å². The van der Waals surface area contributed by atoms with Gasteiger partial charge in [-0.1, -0.05) is 0 Å². The maximum Gasteiger partial charge on any atom is 0.406 e. The van der Waals surface area contributed by atoms with Gasteiger partial charge >= 0.3 is 18.2 Å². The highest BCUT2D eigenvalue weighted by atomic mass is 32.2. The van der Waals surface area contributed by atoms with Gasteiger partial charge in [0.25, 0.3) is 0 Å². The molecule has 0 aliphatic carbocycles. The summed E-state index contributed by atoms with van der Waals surface area (Å²) in [6.07, 6.45) is -2.59. The Morgan fingerprint density at radius 2 is 2.00 bits per heavy atom. The third kappa shape index (κ3) is 7.25. The molecule has 1 unspecified atom stereocenters. The van der Waals surface area contributed by atoms with Crippen LogP contribution in [0.3, 0.4) is 0 Å². The molecule has 0 aromatic rings. The lowest BCUT2D eigenvalue weighted by molar-refractivity contribution is -0.139. The molecule has 1 atom stereocenters. The molecule has 0 aliphatic heterocycles. The molecule has 2 amide bonds. The van der Waals surface area contributed by atoms with Crippen LogP contribution in [0.1, 0.15) is 6.42 Å². The zero-order chi connectivity index (χ0) is 14.3. The van der Waals surface area contributed by atoms with E-state index >= 15 is 0 Å². The first-order valence-electron chi connectivity index (χ1n) is 4.97. The standard InChI is InChI=1S/C9H15F3N2O3S/c1-14(5-9(10,11)12)8(17)13-6(7(15)16)3-4-18-2/h6H,3-5H2,1-2H3,(H,13,17)(H,15,16). The molecule has 0 fully saturated rings. The van der Waals surface area contributed by atoms with Gasteiger partial charge in [0.2, 0.25) is 0 Å². The monoisotopic (exact) mass is 288 g/mol. The van der Waals surface area contributed by atoms with Crippen LogP contribution in [-0.2, 0) is 4.79 Å². The number of hydrogen-bond acceptors (Lipinski definition) is 3. The second-order valence-electron chi connectivity index (χ2n) is 3.59. The lowest BCUT2D eigenvalue weighted by Gasteiger charge is -2.22. The SMILES string of the molecule is CSCCC(NC(=O)N(C)CC(F)(F)F)C(=O)O. The van der Waals surface area contributed by atoms with Crippen molar-refractivity contribution in [1.29, 1.82) is 0 Å². The van der Waals surface area contributed by atoms with Gasteiger partial charge in [-0.05, 0) is 18.4 Å². The van der Waals surface area contributed by atoms with Crippen molar-refractivity contribution in [2.24, 2.45) is 0 Å². The number of alkyl halides is 3. The molecular formula is C9H15F3N2O3S. The second-order valence-corrected chi connectivity index (χ2v) is 4.58. The number of carbonyl (C=O) groups is 2. The Hall–Kier alpha value is -1.12. The minimum absolute atomic E-state index is 0.155. The van der Waals surface area contributed by atoms with Crippen LogP contribution >= 0.6 is 11.8 Å². The molecule has 5 nitrogen and oxygen atoms in total. The van der Waals surface area contributed by atoms with Crippen LogP contribution in [0.25, 0.3) is 0 Å². The van der Waals surface area contributed by atoms with Crippen molar-refractivity contribution < 1.29 is 27.9 Å². The highest BCUT2D eigenvalue weighted by Crippen LogP contribution is 2.15. The van der Waals surface area contributed by atoms with E-state index in [9.17, 15) is 22.8 Å². The van der Waals surface area contributed by atoms with E-state index in [2.05, 4.69) is 0 Å². The molecule has 0 spiro atoms. The van der Waals surface area contributed by atoms with Gasteiger partial charge in [0, 0.05) is 7.05 Å². The molecule has 0 aromatic carbocycles. The summed E-state index contributed by atoms with van der Waals surface area (Å²) in [6.45, 7) is -1.42. The lowest BCUT2D eigenvalue weighted by atomic mass is 10.2. The number of aliphatic carboxylic acids is 1. The highest BCUT2D eigenvalue weighted by molar-refractivity contribution is 7.98. The van der Waals surface area contributed by atoms with Crippen molar-refractivity contribution in [2.75, 3.05) is 25.6 Å². The summed E-state index contributed by atoms with van der Waals surface area (Å²) in [5.74, 6) is -0.780. The van der Waals surface area contributed by atoms with Crippen LogP contribution in [0.15, 0.2) is 0 Å². The van der Waals surface area contributed by atoms with Crippen molar-refractivity contribution in [3.63, 3.8) is 0 Å². The molecule has 0 heterocycles. The molecule has 0 saturated heterocycles. The van der Waals surface area contributed by atoms with Gasteiger partial charge in [-0.25, -0.2) is 9.59 Å². The van der Waals surface area contributed by atoms with Crippen molar-refractivity contribution in [3.05, 3.63) is 0 Å². The van der Waals surface area contributed by atoms with Crippen molar-refractivity contribution in [2.45, 2.75) is 18.6 Å². The summed E-state index contributed by atoms with van der Waals surface area (Å²) in [6, 6.07) is -2.23. The highest BCUT2D eigenvalue weighted by Gasteiger charge is 2.32. The second kappa shape index (κ2) is 7.34. The first-order chi connectivity index (χ1) is 8.17. The summed E-state index contributed by atoms with van der Waals surface area (Å²) in [7, 11) is 0.955. The number of hydrogen-bond donors (Lipinski definition) is 2. The summed E-state index contributed by atoms with van der Waals surface area (Å²) in [4.78, 5) is 22.5. The maximum absolute atomic E-state index is 12.0. The minimum Gasteiger partial charge on any atom is -0.480 e. The molecule has 0 radical (unpaired) electrons. The van der Waals surface area contributed by atoms with E-state index in [1.54, 1.807) is 6.26 Å². The zero-order valence-electron chi connectivity index (χ0n) is 9.95. The number of halogens is 3. The van der Waals surface area contributed by atoms with E-state index < -0.39 is 30.8 Å². The average Bonchev–Trinajstić information content (AvgIpc) is 2.20. The molecule has 0 rings (SSSR count). The third-order valence-corrected chi connectivity index (χ3v) is 2.61. The first kappa shape index (κ1) is 16.9. The fourth-order valence-electron chi connectivity index (χ4n) is 1.09. The Morgan fingerprint density at radius 1 is 1.44 bits per heavy atom. The smallest absolute Gasteiger partial charge is 0.406 e. The predicted octanol–water partition coefficient (Wildman–Crippen LogP) is 1.40. The van der Waals surface area contributed by atoms with Crippen molar-refractivity contribution >= 4 is 23.8 Å². The molecule has 0 aromatic heterocycles. The fourth-order valence-corrected chi connectivity index (χ4v) is 1.56. The topological polar surface area (TPSA) is 69.6 Å². The van der Waals surface area contributed by atoms with Gasteiger partial charge in [0.1, 0.15) is 12.6 Å². The van der Waals surface area contributed by atoms with Gasteiger partial charge in [-0.2, -0.15) is 24.9 Å². The fraction of sp³-hybridized carbons (Fsp3) is 0.778. The molecule has 9 heteroatoms. The summed E-state index contributed by atoms with van der Waals surface area (Å²) in [5.41, 5.74) is 0. The summed E-state index contributed by atoms with van der Waals surface area (Å²) in [5, 5.41) is 10.8. The van der Waals surface area contributed by atoms with Crippen LogP contribution in [0.4, 0.5) is 18.0 Å². The Bertz CT molecular complexity index is 299. The number of rotatable bonds is 6. The van der Waals surface area contributed by atoms with E-state index in [4.69, 9.17) is 5.11 Å². The number of amides is 2. The van der Waals surface area contributed by atoms with E-state index in [-0.39, 0.29) is 6.42 Å². The minimum atomic E-state index is -4.51. The molecule has 106 valence electrons. The Labute approximate surface area is 107 Å². The number of urea groups is 1. The number of nitrogens with zero attached hydrogens (tertiary/aromatic N) is 1. The van der Waals surface area contributed by atoms with E-state index in [0.717, 1.165) is 7.05 Å². The largest absolute Gasteiger partial charge is 0.480 e. The average molecular weight is 288 g/mol. The Balaban J connectivity index is 4.36. The van der Waals surface area contributed by atoms with E-state index in [0.29, 0.717) is 10.7 Å². The van der Waals surface area contributed by atoms with Gasteiger partial charge in [0.15, 0.2) is 0 Å². The predicted molar refractivity (Wildman–Crippen MR) is 61.6 cm³/mol. The van der Waals surface area contributed by atoms with Crippen LogP contribution < -0.4 is 5.32 Å². The van der Waals surface area contributed by atoms with Crippen LogP contribution in [0.2, 0.25) is 0 Å². The van der Waals surface area contributed by atoms with Crippen molar-refractivity contribution in [1.82, 2.24) is 10.2 Å². The first-order valence-corrected chi connectivity index (χ1v) is 6.37. The Kier molecular flexibility index (Phi) is 6.89. The lowest BCUT2D eigenvalue weighted by Crippen LogP contribution is -2.49. The molecule has 0 aliphatic rings. The normalized spacial score (nSPS) is 12.9. The molecule has 0 bridgehead atoms. The molecular weight excluding hydrogens is 273 g/mol.